The number of Topliss-reactive ketones (excluding diaryl/α,β-unsaturated/α-hetero) is 4. The first-order chi connectivity index (χ1) is 16.6. The van der Waals surface area contributed by atoms with E-state index in [1.54, 1.807) is 0 Å². The van der Waals surface area contributed by atoms with Gasteiger partial charge in [0.25, 0.3) is 0 Å². The van der Waals surface area contributed by atoms with E-state index in [9.17, 15) is 24.0 Å². The fourth-order valence-corrected chi connectivity index (χ4v) is 6.82. The molecule has 9 heteroatoms. The van der Waals surface area contributed by atoms with Crippen molar-refractivity contribution in [2.45, 2.75) is 107 Å². The highest BCUT2D eigenvalue weighted by molar-refractivity contribution is 8.03. The zero-order valence-electron chi connectivity index (χ0n) is 21.6. The second-order valence-corrected chi connectivity index (χ2v) is 11.9. The van der Waals surface area contributed by atoms with Crippen molar-refractivity contribution in [3.05, 3.63) is 0 Å². The van der Waals surface area contributed by atoms with E-state index in [4.69, 9.17) is 1.37 Å². The molecular weight excluding hydrogens is 489 g/mol. The Bertz CT molecular complexity index is 722. The summed E-state index contributed by atoms with van der Waals surface area (Å²) in [6, 6.07) is -0.713. The molecule has 1 saturated carbocycles. The Morgan fingerprint density at radius 3 is 2.06 bits per heavy atom. The number of amides is 1. The van der Waals surface area contributed by atoms with Gasteiger partial charge in [-0.3, -0.25) is 19.2 Å². The van der Waals surface area contributed by atoms with Crippen LogP contribution in [0, 0.1) is 0 Å². The number of hydrogen-bond acceptors (Lipinski definition) is 7. The normalized spacial score (nSPS) is 19.4. The first-order valence-electron chi connectivity index (χ1n) is 13.0. The Labute approximate surface area is 217 Å². The lowest BCUT2D eigenvalue weighted by molar-refractivity contribution is -0.129. The summed E-state index contributed by atoms with van der Waals surface area (Å²) < 4.78 is 7.30. The van der Waals surface area contributed by atoms with Crippen LogP contribution in [0.25, 0.3) is 0 Å². The van der Waals surface area contributed by atoms with Crippen LogP contribution in [-0.2, 0) is 24.0 Å². The number of rotatable bonds is 21. The average Bonchev–Trinajstić information content (AvgIpc) is 2.80. The molecule has 0 spiro atoms. The molecule has 34 heavy (non-hydrogen) atoms. The zero-order valence-corrected chi connectivity index (χ0v) is 23.4. The third kappa shape index (κ3) is 14.0. The number of carbonyl (C=O) groups excluding carboxylic acids is 5. The molecule has 6 nitrogen and oxygen atoms in total. The van der Waals surface area contributed by atoms with Gasteiger partial charge < -0.3 is 10.1 Å². The van der Waals surface area contributed by atoms with Crippen molar-refractivity contribution in [2.75, 3.05) is 17.6 Å². The molecule has 1 aliphatic carbocycles. The van der Waals surface area contributed by atoms with E-state index in [-0.39, 0.29) is 61.7 Å². The number of unbranched alkanes of at least 4 members (excludes halogenated alkanes) is 1. The Morgan fingerprint density at radius 2 is 1.50 bits per heavy atom. The molecule has 1 N–H and O–H groups in total. The van der Waals surface area contributed by atoms with Gasteiger partial charge in [-0.2, -0.15) is 23.5 Å². The Kier molecular flexibility index (Phi) is 16.1. The number of nitrogens with one attached hydrogen (secondary N) is 1. The highest BCUT2D eigenvalue weighted by atomic mass is 32.2. The van der Waals surface area contributed by atoms with Crippen LogP contribution < -0.4 is 5.32 Å². The zero-order chi connectivity index (χ0) is 26.2. The maximum Gasteiger partial charge on any atom is 0.221 e. The maximum atomic E-state index is 12.8. The second-order valence-electron chi connectivity index (χ2n) is 8.85. The van der Waals surface area contributed by atoms with E-state index in [1.807, 2.05) is 11.8 Å². The molecular formula is C25H42NO5PS2. The van der Waals surface area contributed by atoms with Crippen LogP contribution in [0.4, 0.5) is 0 Å². The predicted molar refractivity (Wildman–Crippen MR) is 146 cm³/mol. The number of thioether (sulfide) groups is 2. The van der Waals surface area contributed by atoms with Gasteiger partial charge in [-0.1, -0.05) is 13.3 Å². The lowest BCUT2D eigenvalue weighted by Gasteiger charge is -2.35. The largest absolute Gasteiger partial charge is 0.346 e. The quantitative estimate of drug-likeness (QED) is 0.171. The third-order valence-corrected chi connectivity index (χ3v) is 9.43. The molecule has 0 aliphatic heterocycles. The minimum absolute atomic E-state index is 0.00507. The summed E-state index contributed by atoms with van der Waals surface area (Å²) in [4.78, 5) is 60.0. The molecule has 1 aliphatic rings. The molecule has 1 rings (SSSR count). The van der Waals surface area contributed by atoms with E-state index < -0.39 is 18.1 Å². The third-order valence-electron chi connectivity index (χ3n) is 5.86. The molecule has 0 aromatic heterocycles. The fourth-order valence-electron chi connectivity index (χ4n) is 3.51. The summed E-state index contributed by atoms with van der Waals surface area (Å²) in [5, 5.41) is 4.13. The summed E-state index contributed by atoms with van der Waals surface area (Å²) in [6.45, 7) is 3.67. The molecule has 1 amide bonds. The van der Waals surface area contributed by atoms with Crippen LogP contribution in [0.2, 0.25) is 0 Å². The number of ketones is 4. The van der Waals surface area contributed by atoms with Crippen molar-refractivity contribution in [1.29, 1.82) is 0 Å². The van der Waals surface area contributed by atoms with Gasteiger partial charge in [0.1, 0.15) is 17.3 Å². The van der Waals surface area contributed by atoms with Gasteiger partial charge in [-0.25, -0.2) is 0 Å². The number of hydrogen-bond donors (Lipinski definition) is 1. The van der Waals surface area contributed by atoms with Gasteiger partial charge in [0.2, 0.25) is 5.91 Å². The van der Waals surface area contributed by atoms with Gasteiger partial charge in [-0.15, -0.1) is 9.24 Å². The van der Waals surface area contributed by atoms with E-state index in [0.717, 1.165) is 17.4 Å². The Balaban J connectivity index is 2.38. The van der Waals surface area contributed by atoms with E-state index in [1.165, 1.54) is 38.4 Å². The summed E-state index contributed by atoms with van der Waals surface area (Å²) in [5.74, 6) is 1.09. The smallest absolute Gasteiger partial charge is 0.221 e. The molecule has 0 heterocycles. The van der Waals surface area contributed by atoms with Crippen LogP contribution in [0.1, 0.15) is 92.3 Å². The number of carbonyl (C=O) groups is 5. The molecule has 0 saturated heterocycles. The molecule has 5 atom stereocenters. The Morgan fingerprint density at radius 1 is 0.912 bits per heavy atom. The van der Waals surface area contributed by atoms with Crippen LogP contribution >= 0.6 is 32.8 Å². The summed E-state index contributed by atoms with van der Waals surface area (Å²) in [5.41, 5.74) is 0. The summed E-state index contributed by atoms with van der Waals surface area (Å²) in [7, 11) is 2.08. The SMILES string of the molecule is [3H]C(P)C(=O)CCC(=O)CCC(=O)NC(CCC(C)=O)C(=O)CCCSC1CCC1SCCCC. The standard InChI is InChI=1S/C25H42NO5PS2/c1-3-4-15-33-23-12-13-24(23)34-16-5-6-22(30)21(11-7-18(2)27)26-25(31)14-10-19(28)8-9-20(29)17-32/h21,23-24H,3-17,32H2,1-2H3,(H,26,31)/i17T. The van der Waals surface area contributed by atoms with Gasteiger partial charge >= 0.3 is 0 Å². The summed E-state index contributed by atoms with van der Waals surface area (Å²) in [6.07, 6.45) is 5.62. The second kappa shape index (κ2) is 18.5. The van der Waals surface area contributed by atoms with Crippen molar-refractivity contribution in [2.24, 2.45) is 0 Å². The first kappa shape index (κ1) is 29.5. The minimum atomic E-state index is -0.933. The molecule has 5 unspecified atom stereocenters. The topological polar surface area (TPSA) is 97.4 Å². The molecule has 1 fully saturated rings. The van der Waals surface area contributed by atoms with Crippen LogP contribution in [0.15, 0.2) is 0 Å². The molecule has 0 radical (unpaired) electrons. The molecule has 194 valence electrons. The average molecular weight is 534 g/mol. The highest BCUT2D eigenvalue weighted by Gasteiger charge is 2.31. The van der Waals surface area contributed by atoms with Crippen molar-refractivity contribution < 1.29 is 25.3 Å². The van der Waals surface area contributed by atoms with Crippen LogP contribution in [-0.4, -0.2) is 63.2 Å². The predicted octanol–water partition coefficient (Wildman–Crippen LogP) is 4.56. The van der Waals surface area contributed by atoms with Crippen molar-refractivity contribution >= 4 is 61.8 Å². The molecule has 0 aromatic carbocycles. The highest BCUT2D eigenvalue weighted by Crippen LogP contribution is 2.40. The maximum absolute atomic E-state index is 12.8. The first-order valence-corrected chi connectivity index (χ1v) is 15.2. The van der Waals surface area contributed by atoms with Crippen molar-refractivity contribution in [3.63, 3.8) is 0 Å². The van der Waals surface area contributed by atoms with Crippen molar-refractivity contribution in [3.8, 4) is 0 Å². The van der Waals surface area contributed by atoms with Gasteiger partial charge in [0.15, 0.2) is 5.78 Å². The van der Waals surface area contributed by atoms with E-state index in [0.29, 0.717) is 11.7 Å². The van der Waals surface area contributed by atoms with E-state index >= 15 is 0 Å². The lowest BCUT2D eigenvalue weighted by atomic mass is 9.99. The lowest BCUT2D eigenvalue weighted by Crippen LogP contribution is -2.41. The van der Waals surface area contributed by atoms with Gasteiger partial charge in [0.05, 0.1) is 6.04 Å². The fraction of sp³-hybridized carbons (Fsp3) is 0.800. The Hall–Kier alpha value is -0.720. The molecule has 0 aromatic rings. The van der Waals surface area contributed by atoms with E-state index in [2.05, 4.69) is 33.2 Å². The monoisotopic (exact) mass is 533 g/mol. The van der Waals surface area contributed by atoms with Gasteiger partial charge in [-0.05, 0) is 50.5 Å². The summed E-state index contributed by atoms with van der Waals surface area (Å²) >= 11 is 4.02. The van der Waals surface area contributed by atoms with Crippen LogP contribution in [0.5, 0.6) is 0 Å². The van der Waals surface area contributed by atoms with Crippen molar-refractivity contribution in [1.82, 2.24) is 5.32 Å². The minimum Gasteiger partial charge on any atom is -0.346 e. The van der Waals surface area contributed by atoms with Crippen LogP contribution in [0.3, 0.4) is 0 Å². The van der Waals surface area contributed by atoms with Gasteiger partial charge in [0, 0.05) is 56.5 Å². The molecule has 0 bridgehead atoms.